The molecule has 0 saturated carbocycles. The molecule has 0 saturated heterocycles. The summed E-state index contributed by atoms with van der Waals surface area (Å²) in [6, 6.07) is 1.63. The van der Waals surface area contributed by atoms with Gasteiger partial charge in [-0.15, -0.1) is 4.80 Å². The lowest BCUT2D eigenvalue weighted by Gasteiger charge is -2.02. The molecule has 2 rings (SSSR count). The van der Waals surface area contributed by atoms with Gasteiger partial charge in [0, 0.05) is 0 Å². The van der Waals surface area contributed by atoms with E-state index in [9.17, 15) is 0 Å². The van der Waals surface area contributed by atoms with Crippen LogP contribution in [-0.4, -0.2) is 20.0 Å². The molecule has 2 aromatic rings. The Morgan fingerprint density at radius 3 is 2.69 bits per heavy atom. The molecule has 0 aliphatic heterocycles. The minimum Gasteiger partial charge on any atom is -0.397 e. The molecule has 0 bridgehead atoms. The molecule has 0 fully saturated rings. The number of nitrogen functional groups attached to an aromatic ring is 1. The number of rotatable bonds is 2. The van der Waals surface area contributed by atoms with Gasteiger partial charge in [-0.05, 0) is 12.0 Å². The number of halogens is 1. The zero-order valence-electron chi connectivity index (χ0n) is 9.05. The van der Waals surface area contributed by atoms with Crippen LogP contribution in [0.15, 0.2) is 18.5 Å². The number of pyridine rings is 1. The fourth-order valence-corrected chi connectivity index (χ4v) is 1.48. The maximum Gasteiger partial charge on any atom is 0.193 e. The standard InChI is InChI=1S/C10H12ClN5/c1-6(2)9-5-14-16(15-9)10-8(11)3-7(12)4-13-10/h3-6H,12H2,1-2H3. The van der Waals surface area contributed by atoms with Gasteiger partial charge in [0.2, 0.25) is 0 Å². The van der Waals surface area contributed by atoms with Crippen LogP contribution < -0.4 is 5.73 Å². The van der Waals surface area contributed by atoms with Gasteiger partial charge in [0.1, 0.15) is 0 Å². The Morgan fingerprint density at radius 2 is 2.12 bits per heavy atom. The molecule has 6 heteroatoms. The van der Waals surface area contributed by atoms with Crippen molar-refractivity contribution in [2.45, 2.75) is 19.8 Å². The topological polar surface area (TPSA) is 69.6 Å². The molecule has 16 heavy (non-hydrogen) atoms. The third-order valence-corrected chi connectivity index (χ3v) is 2.41. The molecule has 0 aliphatic carbocycles. The average molecular weight is 238 g/mol. The van der Waals surface area contributed by atoms with Gasteiger partial charge in [-0.1, -0.05) is 25.4 Å². The van der Waals surface area contributed by atoms with Crippen molar-refractivity contribution in [1.82, 2.24) is 20.0 Å². The summed E-state index contributed by atoms with van der Waals surface area (Å²) in [7, 11) is 0. The molecule has 0 amide bonds. The molecule has 0 spiro atoms. The SMILES string of the molecule is CC(C)c1cnn(-c2ncc(N)cc2Cl)n1. The number of nitrogens with two attached hydrogens (primary N) is 1. The van der Waals surface area contributed by atoms with Crippen molar-refractivity contribution in [3.05, 3.63) is 29.2 Å². The van der Waals surface area contributed by atoms with Crippen LogP contribution in [0.5, 0.6) is 0 Å². The summed E-state index contributed by atoms with van der Waals surface area (Å²) < 4.78 is 0. The summed E-state index contributed by atoms with van der Waals surface area (Å²) in [6.07, 6.45) is 3.23. The lowest BCUT2D eigenvalue weighted by atomic mass is 10.2. The van der Waals surface area contributed by atoms with Gasteiger partial charge in [0.25, 0.3) is 0 Å². The van der Waals surface area contributed by atoms with Gasteiger partial charge >= 0.3 is 0 Å². The van der Waals surface area contributed by atoms with Crippen LogP contribution in [0.1, 0.15) is 25.5 Å². The van der Waals surface area contributed by atoms with E-state index >= 15 is 0 Å². The third kappa shape index (κ3) is 1.99. The first-order chi connectivity index (χ1) is 7.58. The van der Waals surface area contributed by atoms with E-state index < -0.39 is 0 Å². The zero-order valence-corrected chi connectivity index (χ0v) is 9.81. The number of hydrogen-bond donors (Lipinski definition) is 1. The Morgan fingerprint density at radius 1 is 1.38 bits per heavy atom. The van der Waals surface area contributed by atoms with Gasteiger partial charge in [0.05, 0.1) is 28.8 Å². The number of anilines is 1. The highest BCUT2D eigenvalue weighted by Gasteiger charge is 2.10. The molecule has 0 radical (unpaired) electrons. The molecule has 0 unspecified atom stereocenters. The molecule has 2 aromatic heterocycles. The first-order valence-electron chi connectivity index (χ1n) is 4.91. The van der Waals surface area contributed by atoms with E-state index in [2.05, 4.69) is 15.2 Å². The Labute approximate surface area is 98.2 Å². The van der Waals surface area contributed by atoms with Crippen molar-refractivity contribution < 1.29 is 0 Å². The van der Waals surface area contributed by atoms with E-state index in [-0.39, 0.29) is 0 Å². The maximum atomic E-state index is 6.01. The van der Waals surface area contributed by atoms with Crippen LogP contribution in [0.25, 0.3) is 5.82 Å². The normalized spacial score (nSPS) is 11.0. The second kappa shape index (κ2) is 4.09. The van der Waals surface area contributed by atoms with Crippen molar-refractivity contribution in [3.63, 3.8) is 0 Å². The molecular weight excluding hydrogens is 226 g/mol. The second-order valence-electron chi connectivity index (χ2n) is 3.79. The lowest BCUT2D eigenvalue weighted by Crippen LogP contribution is -2.04. The minimum atomic E-state index is 0.321. The highest BCUT2D eigenvalue weighted by Crippen LogP contribution is 2.19. The predicted octanol–water partition coefficient (Wildman–Crippen LogP) is 2.02. The van der Waals surface area contributed by atoms with E-state index in [0.29, 0.717) is 22.4 Å². The van der Waals surface area contributed by atoms with Crippen molar-refractivity contribution in [2.24, 2.45) is 0 Å². The lowest BCUT2D eigenvalue weighted by molar-refractivity contribution is 0.701. The first-order valence-corrected chi connectivity index (χ1v) is 5.29. The summed E-state index contributed by atoms with van der Waals surface area (Å²) in [4.78, 5) is 5.52. The largest absolute Gasteiger partial charge is 0.397 e. The van der Waals surface area contributed by atoms with E-state index in [1.165, 1.54) is 11.0 Å². The fourth-order valence-electron chi connectivity index (χ4n) is 1.23. The smallest absolute Gasteiger partial charge is 0.193 e. The van der Waals surface area contributed by atoms with Gasteiger partial charge < -0.3 is 5.73 Å². The van der Waals surface area contributed by atoms with E-state index in [4.69, 9.17) is 17.3 Å². The number of hydrogen-bond acceptors (Lipinski definition) is 4. The average Bonchev–Trinajstić information content (AvgIpc) is 2.66. The van der Waals surface area contributed by atoms with E-state index in [1.807, 2.05) is 13.8 Å². The molecule has 0 aliphatic rings. The highest BCUT2D eigenvalue weighted by molar-refractivity contribution is 6.32. The second-order valence-corrected chi connectivity index (χ2v) is 4.19. The third-order valence-electron chi connectivity index (χ3n) is 2.13. The molecule has 0 aromatic carbocycles. The number of nitrogens with zero attached hydrogens (tertiary/aromatic N) is 4. The van der Waals surface area contributed by atoms with Crippen LogP contribution >= 0.6 is 11.6 Å². The Kier molecular flexibility index (Phi) is 2.78. The van der Waals surface area contributed by atoms with Crippen LogP contribution in [0.2, 0.25) is 5.02 Å². The zero-order chi connectivity index (χ0) is 11.7. The summed E-state index contributed by atoms with van der Waals surface area (Å²) in [6.45, 7) is 4.10. The first kappa shape index (κ1) is 10.9. The van der Waals surface area contributed by atoms with E-state index in [0.717, 1.165) is 5.69 Å². The molecular formula is C10H12ClN5. The van der Waals surface area contributed by atoms with Crippen LogP contribution in [0.3, 0.4) is 0 Å². The Balaban J connectivity index is 2.42. The highest BCUT2D eigenvalue weighted by atomic mass is 35.5. The van der Waals surface area contributed by atoms with Gasteiger partial charge in [0.15, 0.2) is 5.82 Å². The van der Waals surface area contributed by atoms with Gasteiger partial charge in [-0.3, -0.25) is 0 Å². The molecule has 2 heterocycles. The molecule has 5 nitrogen and oxygen atoms in total. The number of aromatic nitrogens is 4. The van der Waals surface area contributed by atoms with Gasteiger partial charge in [-0.2, -0.15) is 10.2 Å². The molecule has 2 N–H and O–H groups in total. The minimum absolute atomic E-state index is 0.321. The monoisotopic (exact) mass is 237 g/mol. The quantitative estimate of drug-likeness (QED) is 0.868. The van der Waals surface area contributed by atoms with Crippen molar-refractivity contribution in [3.8, 4) is 5.82 Å². The Hall–Kier alpha value is -1.62. The Bertz CT molecular complexity index is 506. The van der Waals surface area contributed by atoms with Crippen molar-refractivity contribution in [1.29, 1.82) is 0 Å². The fraction of sp³-hybridized carbons (Fsp3) is 0.300. The molecule has 84 valence electrons. The van der Waals surface area contributed by atoms with Crippen molar-refractivity contribution in [2.75, 3.05) is 5.73 Å². The summed E-state index contributed by atoms with van der Waals surface area (Å²) in [5.41, 5.74) is 6.98. The summed E-state index contributed by atoms with van der Waals surface area (Å²) >= 11 is 6.01. The van der Waals surface area contributed by atoms with Crippen LogP contribution in [0, 0.1) is 0 Å². The van der Waals surface area contributed by atoms with Crippen molar-refractivity contribution >= 4 is 17.3 Å². The van der Waals surface area contributed by atoms with Crippen LogP contribution in [-0.2, 0) is 0 Å². The maximum absolute atomic E-state index is 6.01. The van der Waals surface area contributed by atoms with E-state index in [1.54, 1.807) is 12.3 Å². The van der Waals surface area contributed by atoms with Crippen LogP contribution in [0.4, 0.5) is 5.69 Å². The molecule has 0 atom stereocenters. The summed E-state index contributed by atoms with van der Waals surface area (Å²) in [5.74, 6) is 0.809. The summed E-state index contributed by atoms with van der Waals surface area (Å²) in [5, 5.41) is 8.84. The predicted molar refractivity (Wildman–Crippen MR) is 62.7 cm³/mol. The van der Waals surface area contributed by atoms with Gasteiger partial charge in [-0.25, -0.2) is 4.98 Å².